The van der Waals surface area contributed by atoms with Crippen LogP contribution in [0.2, 0.25) is 0 Å². The molecule has 3 nitrogen and oxygen atoms in total. The van der Waals surface area contributed by atoms with E-state index in [4.69, 9.17) is 0 Å². The van der Waals surface area contributed by atoms with Gasteiger partial charge in [-0.25, -0.2) is 4.98 Å². The first-order valence-electron chi connectivity index (χ1n) is 5.28. The second-order valence-corrected chi connectivity index (χ2v) is 5.25. The van der Waals surface area contributed by atoms with Gasteiger partial charge >= 0.3 is 0 Å². The SMILES string of the molecule is Cc1cc(C)c2c(n1)sc1c(C)nn(C)c12. The molecule has 0 radical (unpaired) electrons. The van der Waals surface area contributed by atoms with Gasteiger partial charge in [-0.15, -0.1) is 11.3 Å². The molecule has 3 rings (SSSR count). The average molecular weight is 231 g/mol. The average Bonchev–Trinajstić information content (AvgIpc) is 2.66. The maximum absolute atomic E-state index is 4.61. The summed E-state index contributed by atoms with van der Waals surface area (Å²) in [7, 11) is 2.00. The third-order valence-corrected chi connectivity index (χ3v) is 4.10. The second-order valence-electron chi connectivity index (χ2n) is 4.25. The van der Waals surface area contributed by atoms with Gasteiger partial charge < -0.3 is 0 Å². The third-order valence-electron chi connectivity index (χ3n) is 2.91. The smallest absolute Gasteiger partial charge is 0.126 e. The molecular formula is C12H13N3S. The Morgan fingerprint density at radius 2 is 2.00 bits per heavy atom. The Labute approximate surface area is 97.7 Å². The number of aryl methyl sites for hydroxylation is 4. The van der Waals surface area contributed by atoms with Gasteiger partial charge in [-0.05, 0) is 32.4 Å². The van der Waals surface area contributed by atoms with E-state index in [1.54, 1.807) is 11.3 Å². The Morgan fingerprint density at radius 3 is 2.75 bits per heavy atom. The molecule has 0 N–H and O–H groups in total. The van der Waals surface area contributed by atoms with E-state index in [0.29, 0.717) is 0 Å². The van der Waals surface area contributed by atoms with Crippen molar-refractivity contribution >= 4 is 31.8 Å². The van der Waals surface area contributed by atoms with Crippen LogP contribution >= 0.6 is 11.3 Å². The van der Waals surface area contributed by atoms with Crippen molar-refractivity contribution in [1.29, 1.82) is 0 Å². The van der Waals surface area contributed by atoms with Crippen LogP contribution in [-0.2, 0) is 7.05 Å². The summed E-state index contributed by atoms with van der Waals surface area (Å²) in [6, 6.07) is 2.14. The molecule has 0 bridgehead atoms. The van der Waals surface area contributed by atoms with Gasteiger partial charge in [0.05, 0.1) is 15.9 Å². The molecule has 3 aromatic rings. The molecule has 3 aromatic heterocycles. The maximum atomic E-state index is 4.61. The fraction of sp³-hybridized carbons (Fsp3) is 0.333. The minimum absolute atomic E-state index is 1.09. The molecule has 82 valence electrons. The van der Waals surface area contributed by atoms with Crippen LogP contribution < -0.4 is 0 Å². The van der Waals surface area contributed by atoms with E-state index < -0.39 is 0 Å². The van der Waals surface area contributed by atoms with Crippen molar-refractivity contribution in [2.45, 2.75) is 20.8 Å². The predicted octanol–water partition coefficient (Wildman–Crippen LogP) is 3.11. The monoisotopic (exact) mass is 231 g/mol. The zero-order valence-corrected chi connectivity index (χ0v) is 10.6. The fourth-order valence-electron chi connectivity index (χ4n) is 2.30. The molecule has 0 amide bonds. The first-order valence-corrected chi connectivity index (χ1v) is 6.09. The highest BCUT2D eigenvalue weighted by molar-refractivity contribution is 7.25. The summed E-state index contributed by atoms with van der Waals surface area (Å²) >= 11 is 1.74. The maximum Gasteiger partial charge on any atom is 0.126 e. The Balaban J connectivity index is 2.63. The summed E-state index contributed by atoms with van der Waals surface area (Å²) in [4.78, 5) is 5.73. The predicted molar refractivity (Wildman–Crippen MR) is 68.1 cm³/mol. The van der Waals surface area contributed by atoms with Crippen LogP contribution in [0, 0.1) is 20.8 Å². The van der Waals surface area contributed by atoms with Crippen molar-refractivity contribution in [2.75, 3.05) is 0 Å². The minimum atomic E-state index is 1.09. The third kappa shape index (κ3) is 1.13. The van der Waals surface area contributed by atoms with E-state index in [9.17, 15) is 0 Å². The number of hydrogen-bond donors (Lipinski definition) is 0. The summed E-state index contributed by atoms with van der Waals surface area (Å²) < 4.78 is 3.23. The molecule has 4 heteroatoms. The lowest BCUT2D eigenvalue weighted by Crippen LogP contribution is -1.91. The molecular weight excluding hydrogens is 218 g/mol. The van der Waals surface area contributed by atoms with Crippen molar-refractivity contribution in [1.82, 2.24) is 14.8 Å². The number of thiophene rings is 1. The lowest BCUT2D eigenvalue weighted by atomic mass is 10.1. The van der Waals surface area contributed by atoms with Crippen molar-refractivity contribution < 1.29 is 0 Å². The Morgan fingerprint density at radius 1 is 1.25 bits per heavy atom. The molecule has 0 spiro atoms. The zero-order chi connectivity index (χ0) is 11.4. The van der Waals surface area contributed by atoms with Crippen LogP contribution in [-0.4, -0.2) is 14.8 Å². The van der Waals surface area contributed by atoms with Gasteiger partial charge in [-0.1, -0.05) is 0 Å². The summed E-state index contributed by atoms with van der Waals surface area (Å²) in [5.41, 5.74) is 4.69. The zero-order valence-electron chi connectivity index (χ0n) is 9.83. The van der Waals surface area contributed by atoms with E-state index in [-0.39, 0.29) is 0 Å². The van der Waals surface area contributed by atoms with Gasteiger partial charge in [-0.2, -0.15) is 5.10 Å². The highest BCUT2D eigenvalue weighted by atomic mass is 32.1. The molecule has 0 atom stereocenters. The number of fused-ring (bicyclic) bond motifs is 3. The van der Waals surface area contributed by atoms with Crippen LogP contribution in [0.5, 0.6) is 0 Å². The standard InChI is InChI=1S/C12H13N3S/c1-6-5-7(2)13-12-9(6)10-11(16-12)8(3)14-15(10)4/h5H,1-4H3. The molecule has 0 saturated carbocycles. The molecule has 3 heterocycles. The molecule has 0 unspecified atom stereocenters. The van der Waals surface area contributed by atoms with Gasteiger partial charge in [0.1, 0.15) is 4.83 Å². The first kappa shape index (κ1) is 9.78. The second kappa shape index (κ2) is 3.04. The topological polar surface area (TPSA) is 30.7 Å². The number of pyridine rings is 1. The van der Waals surface area contributed by atoms with Crippen LogP contribution in [0.3, 0.4) is 0 Å². The lowest BCUT2D eigenvalue weighted by molar-refractivity contribution is 0.785. The van der Waals surface area contributed by atoms with Crippen LogP contribution in [0.25, 0.3) is 20.4 Å². The van der Waals surface area contributed by atoms with Gasteiger partial charge in [0.15, 0.2) is 0 Å². The lowest BCUT2D eigenvalue weighted by Gasteiger charge is -1.99. The Bertz CT molecular complexity index is 706. The molecule has 16 heavy (non-hydrogen) atoms. The molecule has 0 aliphatic carbocycles. The Kier molecular flexibility index (Phi) is 1.86. The van der Waals surface area contributed by atoms with E-state index in [1.165, 1.54) is 21.2 Å². The summed E-state index contributed by atoms with van der Waals surface area (Å²) in [6.45, 7) is 6.24. The van der Waals surface area contributed by atoms with Crippen LogP contribution in [0.15, 0.2) is 6.07 Å². The highest BCUT2D eigenvalue weighted by Crippen LogP contribution is 2.36. The summed E-state index contributed by atoms with van der Waals surface area (Å²) in [6.07, 6.45) is 0. The number of nitrogens with zero attached hydrogens (tertiary/aromatic N) is 3. The summed E-state index contributed by atoms with van der Waals surface area (Å²) in [5, 5.41) is 5.72. The normalized spacial score (nSPS) is 11.8. The quantitative estimate of drug-likeness (QED) is 0.595. The molecule has 0 saturated heterocycles. The van der Waals surface area contributed by atoms with Crippen molar-refractivity contribution in [3.05, 3.63) is 23.0 Å². The number of aromatic nitrogens is 3. The first-order chi connectivity index (χ1) is 7.58. The largest absolute Gasteiger partial charge is 0.266 e. The highest BCUT2D eigenvalue weighted by Gasteiger charge is 2.15. The van der Waals surface area contributed by atoms with Crippen molar-refractivity contribution in [3.8, 4) is 0 Å². The van der Waals surface area contributed by atoms with Crippen LogP contribution in [0.1, 0.15) is 17.0 Å². The number of hydrogen-bond acceptors (Lipinski definition) is 3. The van der Waals surface area contributed by atoms with Gasteiger partial charge in [0, 0.05) is 18.1 Å². The van der Waals surface area contributed by atoms with E-state index in [1.807, 2.05) is 18.7 Å². The fourth-order valence-corrected chi connectivity index (χ4v) is 3.56. The molecule has 0 aromatic carbocycles. The van der Waals surface area contributed by atoms with E-state index in [2.05, 4.69) is 30.0 Å². The van der Waals surface area contributed by atoms with E-state index >= 15 is 0 Å². The minimum Gasteiger partial charge on any atom is -0.266 e. The van der Waals surface area contributed by atoms with Gasteiger partial charge in [-0.3, -0.25) is 4.68 Å². The Hall–Kier alpha value is -1.42. The molecule has 0 fully saturated rings. The van der Waals surface area contributed by atoms with Gasteiger partial charge in [0.25, 0.3) is 0 Å². The van der Waals surface area contributed by atoms with Crippen LogP contribution in [0.4, 0.5) is 0 Å². The summed E-state index contributed by atoms with van der Waals surface area (Å²) in [5.74, 6) is 0. The molecule has 0 aliphatic rings. The van der Waals surface area contributed by atoms with Crippen molar-refractivity contribution in [2.24, 2.45) is 7.05 Å². The van der Waals surface area contributed by atoms with Gasteiger partial charge in [0.2, 0.25) is 0 Å². The number of rotatable bonds is 0. The molecule has 0 aliphatic heterocycles. The van der Waals surface area contributed by atoms with E-state index in [0.717, 1.165) is 16.2 Å². The van der Waals surface area contributed by atoms with Crippen molar-refractivity contribution in [3.63, 3.8) is 0 Å².